The van der Waals surface area contributed by atoms with Crippen LogP contribution in [0.15, 0.2) is 36.4 Å². The van der Waals surface area contributed by atoms with Crippen LogP contribution in [0.25, 0.3) is 0 Å². The summed E-state index contributed by atoms with van der Waals surface area (Å²) in [4.78, 5) is 28.7. The van der Waals surface area contributed by atoms with Gasteiger partial charge in [-0.2, -0.15) is 0 Å². The van der Waals surface area contributed by atoms with Crippen molar-refractivity contribution in [2.24, 2.45) is 0 Å². The first-order valence-corrected chi connectivity index (χ1v) is 14.1. The molecule has 0 atom stereocenters. The van der Waals surface area contributed by atoms with E-state index in [2.05, 4.69) is 96.7 Å². The largest absolute Gasteiger partial charge is 0.336 e. The number of carbonyl (C=O) groups is 2. The fourth-order valence-corrected chi connectivity index (χ4v) is 5.94. The van der Waals surface area contributed by atoms with Crippen LogP contribution in [-0.4, -0.2) is 33.7 Å². The average Bonchev–Trinajstić information content (AvgIpc) is 2.76. The molecule has 2 heterocycles. The maximum absolute atomic E-state index is 12.4. The fourth-order valence-electron chi connectivity index (χ4n) is 5.94. The fraction of sp³-hybridized carbons (Fsp3) is 0.576. The van der Waals surface area contributed by atoms with Gasteiger partial charge in [0.05, 0.1) is 12.8 Å². The van der Waals surface area contributed by atoms with Crippen molar-refractivity contribution in [1.29, 1.82) is 0 Å². The number of benzene rings is 2. The molecule has 0 spiro atoms. The van der Waals surface area contributed by atoms with E-state index in [9.17, 15) is 9.59 Å². The zero-order chi connectivity index (χ0) is 27.1. The van der Waals surface area contributed by atoms with Crippen LogP contribution in [0.5, 0.6) is 0 Å². The summed E-state index contributed by atoms with van der Waals surface area (Å²) >= 11 is 0. The highest BCUT2D eigenvalue weighted by Gasteiger charge is 2.34. The Bertz CT molecular complexity index is 1160. The minimum atomic E-state index is 0.103. The molecule has 2 amide bonds. The Hall–Kier alpha value is -2.62. The summed E-state index contributed by atoms with van der Waals surface area (Å²) in [6.45, 7) is 19.1. The van der Waals surface area contributed by atoms with Crippen molar-refractivity contribution in [2.45, 2.75) is 123 Å². The third-order valence-electron chi connectivity index (χ3n) is 8.28. The average molecular weight is 503 g/mol. The maximum atomic E-state index is 12.4. The quantitative estimate of drug-likeness (QED) is 0.458. The number of hydrogen-bond acceptors (Lipinski definition) is 2. The van der Waals surface area contributed by atoms with Crippen molar-refractivity contribution in [3.63, 3.8) is 0 Å². The lowest BCUT2D eigenvalue weighted by Crippen LogP contribution is -2.47. The Morgan fingerprint density at radius 1 is 0.730 bits per heavy atom. The molecule has 0 N–H and O–H groups in total. The number of fused-ring (bicyclic) bond motifs is 2. The van der Waals surface area contributed by atoms with Gasteiger partial charge in [0, 0.05) is 25.2 Å². The molecular weight excluding hydrogens is 456 g/mol. The number of nitrogens with zero attached hydrogens (tertiary/aromatic N) is 2. The van der Waals surface area contributed by atoms with Crippen LogP contribution in [0.4, 0.5) is 0 Å². The molecule has 0 aromatic heterocycles. The van der Waals surface area contributed by atoms with Crippen LogP contribution in [-0.2, 0) is 46.4 Å². The van der Waals surface area contributed by atoms with Crippen molar-refractivity contribution in [3.05, 3.63) is 69.8 Å². The van der Waals surface area contributed by atoms with Gasteiger partial charge in [0.2, 0.25) is 11.8 Å². The third-order valence-corrected chi connectivity index (χ3v) is 8.28. The molecule has 4 heteroatoms. The first kappa shape index (κ1) is 27.4. The van der Waals surface area contributed by atoms with E-state index in [0.717, 1.165) is 13.1 Å². The van der Waals surface area contributed by atoms with Crippen molar-refractivity contribution in [1.82, 2.24) is 9.80 Å². The van der Waals surface area contributed by atoms with E-state index in [4.69, 9.17) is 0 Å². The lowest BCUT2D eigenvalue weighted by atomic mass is 9.79. The van der Waals surface area contributed by atoms with Crippen LogP contribution >= 0.6 is 0 Å². The van der Waals surface area contributed by atoms with Gasteiger partial charge >= 0.3 is 0 Å². The summed E-state index contributed by atoms with van der Waals surface area (Å²) in [5, 5.41) is 0. The summed E-state index contributed by atoms with van der Waals surface area (Å²) in [7, 11) is 0. The molecule has 2 aromatic rings. The van der Waals surface area contributed by atoms with E-state index in [1.54, 1.807) is 0 Å². The number of amides is 2. The first-order valence-electron chi connectivity index (χ1n) is 14.1. The Balaban J connectivity index is 0.000000173. The third kappa shape index (κ3) is 5.78. The van der Waals surface area contributed by atoms with Crippen LogP contribution in [0.1, 0.15) is 108 Å². The Morgan fingerprint density at radius 2 is 1.22 bits per heavy atom. The molecule has 200 valence electrons. The smallest absolute Gasteiger partial charge is 0.227 e. The van der Waals surface area contributed by atoms with E-state index in [0.29, 0.717) is 24.8 Å². The highest BCUT2D eigenvalue weighted by Crippen LogP contribution is 2.35. The van der Waals surface area contributed by atoms with E-state index >= 15 is 0 Å². The Kier molecular flexibility index (Phi) is 7.61. The molecule has 2 aromatic carbocycles. The Labute approximate surface area is 224 Å². The normalized spacial score (nSPS) is 18.2. The molecule has 0 radical (unpaired) electrons. The molecular formula is C33H46N2O2. The highest BCUT2D eigenvalue weighted by molar-refractivity contribution is 5.82. The highest BCUT2D eigenvalue weighted by atomic mass is 16.2. The van der Waals surface area contributed by atoms with E-state index < -0.39 is 0 Å². The number of hydrogen-bond donors (Lipinski definition) is 0. The van der Waals surface area contributed by atoms with Gasteiger partial charge in [0.25, 0.3) is 0 Å². The van der Waals surface area contributed by atoms with Crippen molar-refractivity contribution >= 4 is 11.8 Å². The minimum Gasteiger partial charge on any atom is -0.336 e. The van der Waals surface area contributed by atoms with Crippen molar-refractivity contribution in [3.8, 4) is 0 Å². The van der Waals surface area contributed by atoms with Crippen molar-refractivity contribution < 1.29 is 9.59 Å². The standard InChI is InChI=1S/C17H23NO.C16H23NO/c1-17(2,3)15-9-4-6-12-11-18(13-7-5-8-13)16(19)10-14(12)15;1-11(2)17-10-12-7-6-8-14(16(3,4)5)13(12)9-15(17)18/h4,6,9,13H,5,7-8,10-11H2,1-3H3;6-8,11H,9-10H2,1-5H3. The summed E-state index contributed by atoms with van der Waals surface area (Å²) in [6.07, 6.45) is 4.82. The summed E-state index contributed by atoms with van der Waals surface area (Å²) in [5.41, 5.74) is 8.09. The topological polar surface area (TPSA) is 40.6 Å². The van der Waals surface area contributed by atoms with Crippen molar-refractivity contribution in [2.75, 3.05) is 0 Å². The van der Waals surface area contributed by atoms with Crippen LogP contribution in [0.3, 0.4) is 0 Å². The van der Waals surface area contributed by atoms with Crippen LogP contribution < -0.4 is 0 Å². The molecule has 0 bridgehead atoms. The van der Waals surface area contributed by atoms with E-state index in [1.165, 1.54) is 52.6 Å². The van der Waals surface area contributed by atoms with E-state index in [1.807, 2.05) is 4.90 Å². The van der Waals surface area contributed by atoms with E-state index in [-0.39, 0.29) is 22.8 Å². The second-order valence-corrected chi connectivity index (χ2v) is 13.5. The molecule has 5 rings (SSSR count). The Morgan fingerprint density at radius 3 is 1.65 bits per heavy atom. The molecule has 2 aliphatic heterocycles. The summed E-state index contributed by atoms with van der Waals surface area (Å²) in [5.74, 6) is 0.586. The van der Waals surface area contributed by atoms with Gasteiger partial charge in [-0.05, 0) is 77.3 Å². The maximum Gasteiger partial charge on any atom is 0.227 e. The monoisotopic (exact) mass is 502 g/mol. The van der Waals surface area contributed by atoms with Gasteiger partial charge < -0.3 is 9.80 Å². The molecule has 1 fully saturated rings. The van der Waals surface area contributed by atoms with Gasteiger partial charge in [-0.15, -0.1) is 0 Å². The lowest BCUT2D eigenvalue weighted by molar-refractivity contribution is -0.136. The summed E-state index contributed by atoms with van der Waals surface area (Å²) in [6, 6.07) is 13.8. The van der Waals surface area contributed by atoms with Crippen LogP contribution in [0.2, 0.25) is 0 Å². The second kappa shape index (κ2) is 10.3. The van der Waals surface area contributed by atoms with Gasteiger partial charge in [0.15, 0.2) is 0 Å². The zero-order valence-corrected chi connectivity index (χ0v) is 24.3. The molecule has 1 saturated carbocycles. The molecule has 3 aliphatic rings. The predicted octanol–water partition coefficient (Wildman–Crippen LogP) is 6.70. The van der Waals surface area contributed by atoms with Gasteiger partial charge in [-0.1, -0.05) is 77.9 Å². The lowest BCUT2D eigenvalue weighted by Gasteiger charge is -2.41. The number of rotatable bonds is 2. The minimum absolute atomic E-state index is 0.103. The zero-order valence-electron chi connectivity index (χ0n) is 24.3. The van der Waals surface area contributed by atoms with Crippen LogP contribution in [0, 0.1) is 0 Å². The SMILES string of the molecule is CC(C)(C)c1cccc2c1CC(=O)N(C1CCC1)C2.CC(C)N1Cc2cccc(C(C)(C)C)c2CC1=O. The predicted molar refractivity (Wildman–Crippen MR) is 152 cm³/mol. The van der Waals surface area contributed by atoms with Gasteiger partial charge in [-0.3, -0.25) is 9.59 Å². The summed E-state index contributed by atoms with van der Waals surface area (Å²) < 4.78 is 0. The molecule has 37 heavy (non-hydrogen) atoms. The first-order chi connectivity index (χ1) is 17.3. The molecule has 0 saturated heterocycles. The van der Waals surface area contributed by atoms with Gasteiger partial charge in [0.1, 0.15) is 0 Å². The second-order valence-electron chi connectivity index (χ2n) is 13.5. The molecule has 1 aliphatic carbocycles. The molecule has 0 unspecified atom stereocenters. The van der Waals surface area contributed by atoms with Gasteiger partial charge in [-0.25, -0.2) is 0 Å². The molecule has 4 nitrogen and oxygen atoms in total. The number of carbonyl (C=O) groups excluding carboxylic acids is 2.